The second kappa shape index (κ2) is 5.41. The third-order valence-corrected chi connectivity index (χ3v) is 4.33. The lowest BCUT2D eigenvalue weighted by atomic mass is 10.1. The van der Waals surface area contributed by atoms with E-state index in [1.165, 1.54) is 50.3 Å². The van der Waals surface area contributed by atoms with Crippen LogP contribution < -0.4 is 15.1 Å². The molecule has 3 heteroatoms. The predicted molar refractivity (Wildman–Crippen MR) is 82.1 cm³/mol. The number of rotatable bonds is 3. The number of nitrogens with one attached hydrogen (secondary N) is 1. The third kappa shape index (κ3) is 3.03. The van der Waals surface area contributed by atoms with Crippen LogP contribution in [-0.4, -0.2) is 39.8 Å². The van der Waals surface area contributed by atoms with E-state index in [9.17, 15) is 0 Å². The minimum absolute atomic E-state index is 0.700. The summed E-state index contributed by atoms with van der Waals surface area (Å²) in [6.07, 6.45) is 4.09. The number of anilines is 2. The Morgan fingerprint density at radius 3 is 2.84 bits per heavy atom. The van der Waals surface area contributed by atoms with Crippen LogP contribution >= 0.6 is 0 Å². The maximum atomic E-state index is 3.73. The zero-order valence-corrected chi connectivity index (χ0v) is 12.1. The highest BCUT2D eigenvalue weighted by atomic mass is 15.2. The molecule has 0 radical (unpaired) electrons. The molecule has 0 spiro atoms. The Hall–Kier alpha value is -1.22. The summed E-state index contributed by atoms with van der Waals surface area (Å²) in [4.78, 5) is 4.74. The zero-order chi connectivity index (χ0) is 13.2. The van der Waals surface area contributed by atoms with Gasteiger partial charge < -0.3 is 15.1 Å². The molecule has 1 aliphatic heterocycles. The molecule has 1 unspecified atom stereocenters. The lowest BCUT2D eigenvalue weighted by Crippen LogP contribution is -2.39. The van der Waals surface area contributed by atoms with Gasteiger partial charge in [-0.1, -0.05) is 6.07 Å². The first kappa shape index (κ1) is 12.8. The zero-order valence-electron chi connectivity index (χ0n) is 12.1. The summed E-state index contributed by atoms with van der Waals surface area (Å²) >= 11 is 0. The fourth-order valence-electron chi connectivity index (χ4n) is 2.97. The van der Waals surface area contributed by atoms with Crippen LogP contribution in [0.2, 0.25) is 0 Å². The average molecular weight is 259 g/mol. The summed E-state index contributed by atoms with van der Waals surface area (Å²) in [5.41, 5.74) is 2.67. The largest absolute Gasteiger partial charge is 0.378 e. The van der Waals surface area contributed by atoms with Gasteiger partial charge in [-0.2, -0.15) is 0 Å². The topological polar surface area (TPSA) is 18.5 Å². The molecule has 0 bridgehead atoms. The lowest BCUT2D eigenvalue weighted by Gasteiger charge is -2.27. The van der Waals surface area contributed by atoms with Gasteiger partial charge in [0.15, 0.2) is 0 Å². The molecule has 3 rings (SSSR count). The molecule has 104 valence electrons. The molecule has 0 amide bonds. The van der Waals surface area contributed by atoms with E-state index >= 15 is 0 Å². The Bertz CT molecular complexity index is 426. The van der Waals surface area contributed by atoms with Crippen LogP contribution in [0.5, 0.6) is 0 Å². The number of hydrogen-bond donors (Lipinski definition) is 1. The van der Waals surface area contributed by atoms with Gasteiger partial charge in [0, 0.05) is 44.6 Å². The van der Waals surface area contributed by atoms with Crippen LogP contribution in [-0.2, 0) is 0 Å². The SMILES string of the molecule is CN(C)c1cccc(N2CCCNC(C3CC3)C2)c1. The molecular formula is C16H25N3. The van der Waals surface area contributed by atoms with E-state index in [2.05, 4.69) is 53.5 Å². The molecule has 3 nitrogen and oxygen atoms in total. The standard InChI is InChI=1S/C16H25N3/c1-18(2)14-5-3-6-15(11-14)19-10-4-9-17-16(12-19)13-7-8-13/h3,5-6,11,13,16-17H,4,7-10,12H2,1-2H3. The molecule has 1 aromatic rings. The molecule has 1 saturated carbocycles. The Balaban J connectivity index is 1.77. The maximum absolute atomic E-state index is 3.73. The van der Waals surface area contributed by atoms with E-state index < -0.39 is 0 Å². The predicted octanol–water partition coefficient (Wildman–Crippen LogP) is 2.33. The smallest absolute Gasteiger partial charge is 0.0387 e. The van der Waals surface area contributed by atoms with Gasteiger partial charge in [-0.3, -0.25) is 0 Å². The van der Waals surface area contributed by atoms with Crippen molar-refractivity contribution in [2.75, 3.05) is 43.5 Å². The number of benzene rings is 1. The van der Waals surface area contributed by atoms with E-state index in [0.717, 1.165) is 5.92 Å². The van der Waals surface area contributed by atoms with E-state index in [0.29, 0.717) is 6.04 Å². The van der Waals surface area contributed by atoms with Crippen LogP contribution in [0.4, 0.5) is 11.4 Å². The minimum atomic E-state index is 0.700. The Morgan fingerprint density at radius 1 is 1.26 bits per heavy atom. The number of hydrogen-bond acceptors (Lipinski definition) is 3. The summed E-state index contributed by atoms with van der Waals surface area (Å²) in [5, 5.41) is 3.73. The normalized spacial score (nSPS) is 24.1. The van der Waals surface area contributed by atoms with Crippen molar-refractivity contribution in [3.8, 4) is 0 Å². The van der Waals surface area contributed by atoms with Gasteiger partial charge in [-0.05, 0) is 49.9 Å². The van der Waals surface area contributed by atoms with Crippen LogP contribution in [0.3, 0.4) is 0 Å². The van der Waals surface area contributed by atoms with Crippen molar-refractivity contribution in [1.29, 1.82) is 0 Å². The van der Waals surface area contributed by atoms with E-state index in [-0.39, 0.29) is 0 Å². The quantitative estimate of drug-likeness (QED) is 0.899. The number of nitrogens with zero attached hydrogens (tertiary/aromatic N) is 2. The molecule has 1 aliphatic carbocycles. The Labute approximate surface area is 116 Å². The summed E-state index contributed by atoms with van der Waals surface area (Å²) in [5.74, 6) is 0.928. The second-order valence-electron chi connectivity index (χ2n) is 6.11. The maximum Gasteiger partial charge on any atom is 0.0387 e. The van der Waals surface area contributed by atoms with Crippen molar-refractivity contribution in [3.63, 3.8) is 0 Å². The van der Waals surface area contributed by atoms with Crippen molar-refractivity contribution in [3.05, 3.63) is 24.3 Å². The van der Waals surface area contributed by atoms with Gasteiger partial charge >= 0.3 is 0 Å². The molecular weight excluding hydrogens is 234 g/mol. The first-order valence-corrected chi connectivity index (χ1v) is 7.50. The first-order valence-electron chi connectivity index (χ1n) is 7.50. The molecule has 1 atom stereocenters. The second-order valence-corrected chi connectivity index (χ2v) is 6.11. The van der Waals surface area contributed by atoms with Crippen LogP contribution in [0.25, 0.3) is 0 Å². The van der Waals surface area contributed by atoms with Gasteiger partial charge in [0.2, 0.25) is 0 Å². The highest BCUT2D eigenvalue weighted by Crippen LogP contribution is 2.34. The van der Waals surface area contributed by atoms with Gasteiger partial charge in [0.05, 0.1) is 0 Å². The minimum Gasteiger partial charge on any atom is -0.378 e. The summed E-state index contributed by atoms with van der Waals surface area (Å²) < 4.78 is 0. The lowest BCUT2D eigenvalue weighted by molar-refractivity contribution is 0.490. The van der Waals surface area contributed by atoms with Crippen molar-refractivity contribution in [1.82, 2.24) is 5.32 Å². The first-order chi connectivity index (χ1) is 9.24. The van der Waals surface area contributed by atoms with Gasteiger partial charge in [0.25, 0.3) is 0 Å². The average Bonchev–Trinajstić information content (AvgIpc) is 3.24. The summed E-state index contributed by atoms with van der Waals surface area (Å²) in [6.45, 7) is 3.51. The van der Waals surface area contributed by atoms with E-state index in [1.807, 2.05) is 0 Å². The molecule has 1 N–H and O–H groups in total. The third-order valence-electron chi connectivity index (χ3n) is 4.33. The Kier molecular flexibility index (Phi) is 3.65. The van der Waals surface area contributed by atoms with Crippen molar-refractivity contribution >= 4 is 11.4 Å². The molecule has 1 heterocycles. The van der Waals surface area contributed by atoms with Crippen LogP contribution in [0.15, 0.2) is 24.3 Å². The van der Waals surface area contributed by atoms with Gasteiger partial charge in [-0.25, -0.2) is 0 Å². The van der Waals surface area contributed by atoms with Crippen molar-refractivity contribution < 1.29 is 0 Å². The van der Waals surface area contributed by atoms with E-state index in [1.54, 1.807) is 0 Å². The molecule has 2 fully saturated rings. The molecule has 2 aliphatic rings. The highest BCUT2D eigenvalue weighted by Gasteiger charge is 2.33. The molecule has 19 heavy (non-hydrogen) atoms. The fourth-order valence-corrected chi connectivity index (χ4v) is 2.97. The Morgan fingerprint density at radius 2 is 2.11 bits per heavy atom. The summed E-state index contributed by atoms with van der Waals surface area (Å²) in [6, 6.07) is 9.62. The van der Waals surface area contributed by atoms with Crippen LogP contribution in [0.1, 0.15) is 19.3 Å². The monoisotopic (exact) mass is 259 g/mol. The molecule has 0 aromatic heterocycles. The molecule has 1 saturated heterocycles. The van der Waals surface area contributed by atoms with Crippen molar-refractivity contribution in [2.24, 2.45) is 5.92 Å². The highest BCUT2D eigenvalue weighted by molar-refractivity contribution is 5.59. The van der Waals surface area contributed by atoms with Gasteiger partial charge in [0.1, 0.15) is 0 Å². The van der Waals surface area contributed by atoms with Crippen molar-refractivity contribution in [2.45, 2.75) is 25.3 Å². The van der Waals surface area contributed by atoms with Crippen LogP contribution in [0, 0.1) is 5.92 Å². The fraction of sp³-hybridized carbons (Fsp3) is 0.625. The summed E-state index contributed by atoms with van der Waals surface area (Å²) in [7, 11) is 4.21. The van der Waals surface area contributed by atoms with E-state index in [4.69, 9.17) is 0 Å². The van der Waals surface area contributed by atoms with Gasteiger partial charge in [-0.15, -0.1) is 0 Å². The molecule has 1 aromatic carbocycles.